The number of aromatic nitrogens is 1. The van der Waals surface area contributed by atoms with Gasteiger partial charge < -0.3 is 14.4 Å². The molecule has 1 aromatic carbocycles. The normalized spacial score (nSPS) is 16.1. The molecule has 1 fully saturated rings. The van der Waals surface area contributed by atoms with E-state index in [-0.39, 0.29) is 16.7 Å². The molecule has 0 bridgehead atoms. The maximum atomic E-state index is 12.7. The van der Waals surface area contributed by atoms with Crippen LogP contribution < -0.4 is 14.2 Å². The van der Waals surface area contributed by atoms with Crippen molar-refractivity contribution in [2.75, 3.05) is 32.0 Å². The molecule has 0 aliphatic carbocycles. The van der Waals surface area contributed by atoms with Crippen LogP contribution in [0.15, 0.2) is 41.4 Å². The molecule has 0 saturated carbocycles. The second kappa shape index (κ2) is 8.33. The molecule has 1 aromatic heterocycles. The van der Waals surface area contributed by atoms with Gasteiger partial charge in [0, 0.05) is 24.2 Å². The molecule has 1 aliphatic heterocycles. The average molecular weight is 412 g/mol. The van der Waals surface area contributed by atoms with E-state index in [1.807, 2.05) is 0 Å². The number of anilines is 1. The third kappa shape index (κ3) is 5.03. The first kappa shape index (κ1) is 19.7. The number of methoxy groups -OCH3 is 1. The van der Waals surface area contributed by atoms with E-state index in [4.69, 9.17) is 21.1 Å². The number of nitrogens with one attached hydrogen (secondary N) is 1. The Hall–Kier alpha value is -2.03. The first-order chi connectivity index (χ1) is 12.9. The molecule has 0 amide bonds. The summed E-state index contributed by atoms with van der Waals surface area (Å²) in [6, 6.07) is 7.69. The number of nitrogens with zero attached hydrogens (tertiary/aromatic N) is 2. The fourth-order valence-corrected chi connectivity index (χ4v) is 4.33. The number of piperidine rings is 1. The van der Waals surface area contributed by atoms with Crippen molar-refractivity contribution in [1.82, 2.24) is 9.88 Å². The summed E-state index contributed by atoms with van der Waals surface area (Å²) in [7, 11) is -0.381. The minimum atomic E-state index is -3.87. The van der Waals surface area contributed by atoms with Crippen LogP contribution in [0.4, 0.5) is 5.69 Å². The second-order valence-corrected chi connectivity index (χ2v) is 8.49. The van der Waals surface area contributed by atoms with Crippen LogP contribution in [0.5, 0.6) is 11.6 Å². The maximum absolute atomic E-state index is 12.7. The summed E-state index contributed by atoms with van der Waals surface area (Å²) < 4.78 is 38.8. The molecule has 0 unspecified atom stereocenters. The van der Waals surface area contributed by atoms with Gasteiger partial charge in [0.15, 0.2) is 0 Å². The van der Waals surface area contributed by atoms with Crippen molar-refractivity contribution in [3.8, 4) is 11.6 Å². The summed E-state index contributed by atoms with van der Waals surface area (Å²) >= 11 is 5.93. The highest BCUT2D eigenvalue weighted by Crippen LogP contribution is 2.29. The van der Waals surface area contributed by atoms with E-state index in [0.717, 1.165) is 25.9 Å². The molecule has 2 aromatic rings. The standard InChI is InChI=1S/C18H22ClN3O4S/c1-22-9-7-15(8-10-22)26-18-6-4-14(12-20-18)21-27(23,24)17-11-13(19)3-5-16(17)25-2/h3-6,11-12,15,21H,7-10H2,1-2H3. The highest BCUT2D eigenvalue weighted by Gasteiger charge is 2.21. The maximum Gasteiger partial charge on any atom is 0.265 e. The van der Waals surface area contributed by atoms with Gasteiger partial charge in [-0.05, 0) is 44.2 Å². The highest BCUT2D eigenvalue weighted by atomic mass is 35.5. The number of likely N-dealkylation sites (tertiary alicyclic amines) is 1. The molecule has 3 rings (SSSR count). The smallest absolute Gasteiger partial charge is 0.265 e. The number of halogens is 1. The zero-order chi connectivity index (χ0) is 19.4. The lowest BCUT2D eigenvalue weighted by Crippen LogP contribution is -2.35. The molecule has 146 valence electrons. The lowest BCUT2D eigenvalue weighted by molar-refractivity contribution is 0.110. The molecule has 0 spiro atoms. The van der Waals surface area contributed by atoms with Crippen LogP contribution in [0.3, 0.4) is 0 Å². The van der Waals surface area contributed by atoms with Crippen LogP contribution in [0.2, 0.25) is 5.02 Å². The molecule has 1 saturated heterocycles. The van der Waals surface area contributed by atoms with Gasteiger partial charge in [-0.25, -0.2) is 13.4 Å². The summed E-state index contributed by atoms with van der Waals surface area (Å²) in [5.41, 5.74) is 0.327. The van der Waals surface area contributed by atoms with Gasteiger partial charge in [0.1, 0.15) is 16.7 Å². The van der Waals surface area contributed by atoms with Gasteiger partial charge in [0.2, 0.25) is 5.88 Å². The fraction of sp³-hybridized carbons (Fsp3) is 0.389. The van der Waals surface area contributed by atoms with Crippen LogP contribution in [0, 0.1) is 0 Å². The summed E-state index contributed by atoms with van der Waals surface area (Å²) in [6.07, 6.45) is 3.45. The summed E-state index contributed by atoms with van der Waals surface area (Å²) in [4.78, 5) is 6.43. The molecule has 1 N–H and O–H groups in total. The first-order valence-electron chi connectivity index (χ1n) is 8.55. The Balaban J connectivity index is 1.70. The topological polar surface area (TPSA) is 80.8 Å². The number of hydrogen-bond donors (Lipinski definition) is 1. The van der Waals surface area contributed by atoms with Crippen molar-refractivity contribution >= 4 is 27.3 Å². The Morgan fingerprint density at radius 2 is 1.96 bits per heavy atom. The van der Waals surface area contributed by atoms with Crippen LogP contribution in [-0.4, -0.2) is 51.7 Å². The van der Waals surface area contributed by atoms with Crippen LogP contribution in [0.1, 0.15) is 12.8 Å². The van der Waals surface area contributed by atoms with Crippen molar-refractivity contribution in [2.45, 2.75) is 23.8 Å². The molecule has 1 aliphatic rings. The molecule has 0 radical (unpaired) electrons. The molecule has 7 nitrogen and oxygen atoms in total. The number of pyridine rings is 1. The Kier molecular flexibility index (Phi) is 6.08. The zero-order valence-electron chi connectivity index (χ0n) is 15.2. The van der Waals surface area contributed by atoms with Crippen LogP contribution in [-0.2, 0) is 10.0 Å². The van der Waals surface area contributed by atoms with E-state index in [0.29, 0.717) is 16.6 Å². The van der Waals surface area contributed by atoms with Crippen molar-refractivity contribution < 1.29 is 17.9 Å². The van der Waals surface area contributed by atoms with Crippen molar-refractivity contribution in [2.24, 2.45) is 0 Å². The number of benzene rings is 1. The van der Waals surface area contributed by atoms with Crippen molar-refractivity contribution in [1.29, 1.82) is 0 Å². The minimum Gasteiger partial charge on any atom is -0.495 e. The average Bonchev–Trinajstić information content (AvgIpc) is 2.65. The summed E-state index contributed by atoms with van der Waals surface area (Å²) in [5, 5.41) is 0.302. The zero-order valence-corrected chi connectivity index (χ0v) is 16.8. The fourth-order valence-electron chi connectivity index (χ4n) is 2.85. The van der Waals surface area contributed by atoms with E-state index in [1.165, 1.54) is 25.4 Å². The SMILES string of the molecule is COc1ccc(Cl)cc1S(=O)(=O)Nc1ccc(OC2CCN(C)CC2)nc1. The number of rotatable bonds is 6. The van der Waals surface area contributed by atoms with Crippen LogP contribution >= 0.6 is 11.6 Å². The van der Waals surface area contributed by atoms with Gasteiger partial charge in [-0.15, -0.1) is 0 Å². The van der Waals surface area contributed by atoms with Gasteiger partial charge >= 0.3 is 0 Å². The molecule has 0 atom stereocenters. The van der Waals surface area contributed by atoms with E-state index in [9.17, 15) is 8.42 Å². The van der Waals surface area contributed by atoms with E-state index in [1.54, 1.807) is 18.2 Å². The quantitative estimate of drug-likeness (QED) is 0.786. The number of hydrogen-bond acceptors (Lipinski definition) is 6. The van der Waals surface area contributed by atoms with Gasteiger partial charge in [-0.2, -0.15) is 0 Å². The number of ether oxygens (including phenoxy) is 2. The van der Waals surface area contributed by atoms with E-state index in [2.05, 4.69) is 21.7 Å². The molecule has 2 heterocycles. The lowest BCUT2D eigenvalue weighted by atomic mass is 10.1. The molecule has 27 heavy (non-hydrogen) atoms. The van der Waals surface area contributed by atoms with Crippen molar-refractivity contribution in [3.63, 3.8) is 0 Å². The first-order valence-corrected chi connectivity index (χ1v) is 10.4. The monoisotopic (exact) mass is 411 g/mol. The van der Waals surface area contributed by atoms with Gasteiger partial charge in [0.25, 0.3) is 10.0 Å². The lowest BCUT2D eigenvalue weighted by Gasteiger charge is -2.28. The van der Waals surface area contributed by atoms with E-state index < -0.39 is 10.0 Å². The summed E-state index contributed by atoms with van der Waals surface area (Å²) in [6.45, 7) is 1.98. The van der Waals surface area contributed by atoms with Gasteiger partial charge in [-0.3, -0.25) is 4.72 Å². The molecule has 9 heteroatoms. The minimum absolute atomic E-state index is 0.0378. The Labute approximate surface area is 164 Å². The van der Waals surface area contributed by atoms with Gasteiger partial charge in [0.05, 0.1) is 19.0 Å². The predicted molar refractivity (Wildman–Crippen MR) is 104 cm³/mol. The van der Waals surface area contributed by atoms with E-state index >= 15 is 0 Å². The third-order valence-corrected chi connectivity index (χ3v) is 5.99. The second-order valence-electron chi connectivity index (χ2n) is 6.41. The predicted octanol–water partition coefficient (Wildman–Crippen LogP) is 3.02. The number of sulfonamides is 1. The largest absolute Gasteiger partial charge is 0.495 e. The van der Waals surface area contributed by atoms with Gasteiger partial charge in [-0.1, -0.05) is 11.6 Å². The van der Waals surface area contributed by atoms with Crippen molar-refractivity contribution in [3.05, 3.63) is 41.6 Å². The van der Waals surface area contributed by atoms with Crippen LogP contribution in [0.25, 0.3) is 0 Å². The molecular weight excluding hydrogens is 390 g/mol. The third-order valence-electron chi connectivity index (χ3n) is 4.36. The summed E-state index contributed by atoms with van der Waals surface area (Å²) in [5.74, 6) is 0.690. The Bertz CT molecular complexity index is 882. The highest BCUT2D eigenvalue weighted by molar-refractivity contribution is 7.92. The Morgan fingerprint density at radius 3 is 2.59 bits per heavy atom. The Morgan fingerprint density at radius 1 is 1.22 bits per heavy atom. The molecular formula is C18H22ClN3O4S.